The number of sulfonamides is 1. The van der Waals surface area contributed by atoms with Gasteiger partial charge in [0.1, 0.15) is 11.8 Å². The zero-order valence-corrected chi connectivity index (χ0v) is 22.2. The summed E-state index contributed by atoms with van der Waals surface area (Å²) in [5.41, 5.74) is 1.36. The second-order valence-electron chi connectivity index (χ2n) is 9.28. The Morgan fingerprint density at radius 2 is 1.69 bits per heavy atom. The molecule has 0 unspecified atom stereocenters. The van der Waals surface area contributed by atoms with Crippen LogP contribution in [0.15, 0.2) is 54.6 Å². The number of para-hydroxylation sites is 2. The predicted molar refractivity (Wildman–Crippen MR) is 141 cm³/mol. The van der Waals surface area contributed by atoms with Gasteiger partial charge in [-0.1, -0.05) is 55.3 Å². The summed E-state index contributed by atoms with van der Waals surface area (Å²) < 4.78 is 31.7. The fourth-order valence-corrected chi connectivity index (χ4v) is 5.54. The monoisotopic (exact) mass is 515 g/mol. The van der Waals surface area contributed by atoms with E-state index in [-0.39, 0.29) is 30.8 Å². The summed E-state index contributed by atoms with van der Waals surface area (Å²) in [4.78, 5) is 28.0. The summed E-state index contributed by atoms with van der Waals surface area (Å²) in [6.45, 7) is 2.18. The number of carbonyl (C=O) groups is 2. The van der Waals surface area contributed by atoms with Gasteiger partial charge >= 0.3 is 0 Å². The Morgan fingerprint density at radius 3 is 2.33 bits per heavy atom. The molecular formula is C27H37N3O5S. The topological polar surface area (TPSA) is 96.0 Å². The van der Waals surface area contributed by atoms with Crippen molar-refractivity contribution in [2.75, 3.05) is 24.2 Å². The van der Waals surface area contributed by atoms with Gasteiger partial charge in [0, 0.05) is 25.6 Å². The number of carbonyl (C=O) groups excluding carboxylic acids is 2. The normalized spacial score (nSPS) is 14.8. The molecule has 0 spiro atoms. The van der Waals surface area contributed by atoms with E-state index in [0.717, 1.165) is 37.5 Å². The van der Waals surface area contributed by atoms with Crippen LogP contribution < -0.4 is 14.4 Å². The van der Waals surface area contributed by atoms with Crippen molar-refractivity contribution in [2.45, 2.75) is 64.1 Å². The number of nitrogens with zero attached hydrogens (tertiary/aromatic N) is 2. The predicted octanol–water partition coefficient (Wildman–Crippen LogP) is 3.72. The van der Waals surface area contributed by atoms with Crippen LogP contribution in [0.4, 0.5) is 5.69 Å². The van der Waals surface area contributed by atoms with Gasteiger partial charge in [-0.05, 0) is 43.9 Å². The van der Waals surface area contributed by atoms with Gasteiger partial charge in [-0.3, -0.25) is 13.9 Å². The molecule has 2 aromatic carbocycles. The molecule has 36 heavy (non-hydrogen) atoms. The maximum atomic E-state index is 13.4. The summed E-state index contributed by atoms with van der Waals surface area (Å²) in [6.07, 6.45) is 5.69. The number of rotatable bonds is 12. The molecule has 1 fully saturated rings. The van der Waals surface area contributed by atoms with E-state index in [1.807, 2.05) is 30.3 Å². The van der Waals surface area contributed by atoms with E-state index < -0.39 is 16.1 Å². The van der Waals surface area contributed by atoms with Crippen LogP contribution in [0.5, 0.6) is 5.75 Å². The van der Waals surface area contributed by atoms with Gasteiger partial charge in [-0.25, -0.2) is 8.42 Å². The van der Waals surface area contributed by atoms with Crippen LogP contribution in [0.25, 0.3) is 0 Å². The van der Waals surface area contributed by atoms with Crippen LogP contribution in [-0.2, 0) is 26.2 Å². The second kappa shape index (κ2) is 12.8. The lowest BCUT2D eigenvalue weighted by molar-refractivity contribution is -0.141. The largest absolute Gasteiger partial charge is 0.495 e. The average Bonchev–Trinajstić information content (AvgIpc) is 3.37. The third kappa shape index (κ3) is 7.46. The summed E-state index contributed by atoms with van der Waals surface area (Å²) in [6, 6.07) is 16.0. The third-order valence-electron chi connectivity index (χ3n) is 6.57. The minimum absolute atomic E-state index is 0.106. The first-order valence-corrected chi connectivity index (χ1v) is 14.3. The van der Waals surface area contributed by atoms with Gasteiger partial charge in [-0.2, -0.15) is 0 Å². The average molecular weight is 516 g/mol. The number of methoxy groups -OCH3 is 1. The molecular weight excluding hydrogens is 478 g/mol. The number of amides is 2. The summed E-state index contributed by atoms with van der Waals surface area (Å²) in [5, 5.41) is 3.09. The van der Waals surface area contributed by atoms with Gasteiger partial charge in [0.2, 0.25) is 21.8 Å². The number of anilines is 1. The second-order valence-corrected chi connectivity index (χ2v) is 11.2. The highest BCUT2D eigenvalue weighted by Gasteiger charge is 2.29. The van der Waals surface area contributed by atoms with Crippen molar-refractivity contribution in [3.05, 3.63) is 60.2 Å². The highest BCUT2D eigenvalue weighted by Crippen LogP contribution is 2.29. The molecule has 0 heterocycles. The summed E-state index contributed by atoms with van der Waals surface area (Å²) in [5.74, 6) is 0.0940. The van der Waals surface area contributed by atoms with Gasteiger partial charge in [-0.15, -0.1) is 0 Å². The van der Waals surface area contributed by atoms with Gasteiger partial charge in [0.25, 0.3) is 0 Å². The minimum atomic E-state index is -3.60. The standard InChI is InChI=1S/C27H37N3O5S/c1-21(27(32)28-23-14-7-8-15-23)29(20-22-12-5-4-6-13-22)26(31)18-11-19-30(36(3,33)34)24-16-9-10-17-25(24)35-2/h4-6,9-10,12-13,16-17,21,23H,7-8,11,14-15,18-20H2,1-3H3,(H,28,32)/t21-/m0/s1. The molecule has 196 valence electrons. The molecule has 0 aromatic heterocycles. The zero-order valence-electron chi connectivity index (χ0n) is 21.4. The van der Waals surface area contributed by atoms with Gasteiger partial charge in [0.05, 0.1) is 19.1 Å². The Kier molecular flexibility index (Phi) is 9.75. The molecule has 1 saturated carbocycles. The molecule has 1 atom stereocenters. The SMILES string of the molecule is COc1ccccc1N(CCCC(=O)N(Cc1ccccc1)[C@@H](C)C(=O)NC1CCCC1)S(C)(=O)=O. The molecule has 0 aliphatic heterocycles. The van der Waals surface area contributed by atoms with Gasteiger partial charge < -0.3 is 15.0 Å². The smallest absolute Gasteiger partial charge is 0.242 e. The number of benzene rings is 2. The first-order valence-electron chi connectivity index (χ1n) is 12.4. The van der Waals surface area contributed by atoms with E-state index in [1.165, 1.54) is 11.4 Å². The number of hydrogen-bond acceptors (Lipinski definition) is 5. The Morgan fingerprint density at radius 1 is 1.06 bits per heavy atom. The molecule has 0 radical (unpaired) electrons. The van der Waals surface area contributed by atoms with E-state index in [1.54, 1.807) is 36.1 Å². The summed E-state index contributed by atoms with van der Waals surface area (Å²) in [7, 11) is -2.11. The van der Waals surface area contributed by atoms with Gasteiger partial charge in [0.15, 0.2) is 0 Å². The van der Waals surface area contributed by atoms with Crippen LogP contribution in [-0.4, -0.2) is 57.1 Å². The highest BCUT2D eigenvalue weighted by atomic mass is 32.2. The van der Waals surface area contributed by atoms with Crippen molar-refractivity contribution >= 4 is 27.5 Å². The van der Waals surface area contributed by atoms with Crippen LogP contribution in [0.3, 0.4) is 0 Å². The van der Waals surface area contributed by atoms with E-state index in [9.17, 15) is 18.0 Å². The molecule has 1 aliphatic rings. The lowest BCUT2D eigenvalue weighted by Gasteiger charge is -2.30. The lowest BCUT2D eigenvalue weighted by Crippen LogP contribution is -2.49. The molecule has 2 aromatic rings. The number of hydrogen-bond donors (Lipinski definition) is 1. The highest BCUT2D eigenvalue weighted by molar-refractivity contribution is 7.92. The molecule has 0 saturated heterocycles. The van der Waals surface area contributed by atoms with Crippen molar-refractivity contribution in [1.29, 1.82) is 0 Å². The first-order chi connectivity index (χ1) is 17.2. The Bertz CT molecular complexity index is 1120. The Hall–Kier alpha value is -3.07. The first kappa shape index (κ1) is 27.5. The van der Waals surface area contributed by atoms with E-state index in [2.05, 4.69) is 5.32 Å². The van der Waals surface area contributed by atoms with E-state index in [0.29, 0.717) is 24.4 Å². The van der Waals surface area contributed by atoms with Crippen molar-refractivity contribution in [1.82, 2.24) is 10.2 Å². The van der Waals surface area contributed by atoms with Crippen LogP contribution in [0.1, 0.15) is 51.0 Å². The van der Waals surface area contributed by atoms with Crippen LogP contribution in [0, 0.1) is 0 Å². The third-order valence-corrected chi connectivity index (χ3v) is 7.75. The zero-order chi connectivity index (χ0) is 26.1. The van der Waals surface area contributed by atoms with Crippen molar-refractivity contribution < 1.29 is 22.7 Å². The summed E-state index contributed by atoms with van der Waals surface area (Å²) >= 11 is 0. The molecule has 1 aliphatic carbocycles. The van der Waals surface area contributed by atoms with E-state index in [4.69, 9.17) is 4.74 Å². The van der Waals surface area contributed by atoms with Crippen LogP contribution >= 0.6 is 0 Å². The maximum absolute atomic E-state index is 13.4. The molecule has 0 bridgehead atoms. The molecule has 1 N–H and O–H groups in total. The Balaban J connectivity index is 1.71. The number of nitrogens with one attached hydrogen (secondary N) is 1. The van der Waals surface area contributed by atoms with Crippen LogP contribution in [0.2, 0.25) is 0 Å². The van der Waals surface area contributed by atoms with Crippen molar-refractivity contribution in [3.8, 4) is 5.75 Å². The quantitative estimate of drug-likeness (QED) is 0.465. The minimum Gasteiger partial charge on any atom is -0.495 e. The van der Waals surface area contributed by atoms with Crippen molar-refractivity contribution in [2.24, 2.45) is 0 Å². The Labute approximate surface area is 214 Å². The van der Waals surface area contributed by atoms with Crippen molar-refractivity contribution in [3.63, 3.8) is 0 Å². The molecule has 2 amide bonds. The fourth-order valence-electron chi connectivity index (χ4n) is 4.57. The lowest BCUT2D eigenvalue weighted by atomic mass is 10.1. The number of ether oxygens (including phenoxy) is 1. The van der Waals surface area contributed by atoms with E-state index >= 15 is 0 Å². The molecule has 9 heteroatoms. The fraction of sp³-hybridized carbons (Fsp3) is 0.481. The molecule has 3 rings (SSSR count). The maximum Gasteiger partial charge on any atom is 0.242 e. The molecule has 8 nitrogen and oxygen atoms in total.